The number of allylic oxidation sites excluding steroid dienone is 2. The van der Waals surface area contributed by atoms with Gasteiger partial charge in [-0.15, -0.1) is 0 Å². The normalized spacial score (nSPS) is 40.3. The SMILES string of the molecule is CC.CCCC1(C)/C(=C\C=O)CCC2C1CCC1(C)C(/C(C)=N/OC=O)CCC21. The fourth-order valence-electron chi connectivity index (χ4n) is 7.40. The van der Waals surface area contributed by atoms with Crippen LogP contribution in [-0.2, 0) is 14.4 Å². The van der Waals surface area contributed by atoms with Gasteiger partial charge in [0.2, 0.25) is 0 Å². The minimum atomic E-state index is 0.168. The molecule has 6 atom stereocenters. The summed E-state index contributed by atoms with van der Waals surface area (Å²) in [5, 5.41) is 4.06. The summed E-state index contributed by atoms with van der Waals surface area (Å²) >= 11 is 0. The predicted octanol–water partition coefficient (Wildman–Crippen LogP) is 6.35. The number of oxime groups is 1. The van der Waals surface area contributed by atoms with Crippen molar-refractivity contribution in [1.29, 1.82) is 0 Å². The highest BCUT2D eigenvalue weighted by Gasteiger charge is 2.58. The Bertz CT molecular complexity index is 640. The van der Waals surface area contributed by atoms with Gasteiger partial charge in [-0.3, -0.25) is 9.59 Å². The van der Waals surface area contributed by atoms with Crippen molar-refractivity contribution in [1.82, 2.24) is 0 Å². The molecule has 3 fully saturated rings. The molecule has 0 N–H and O–H groups in total. The van der Waals surface area contributed by atoms with Gasteiger partial charge < -0.3 is 4.84 Å². The number of aldehydes is 1. The van der Waals surface area contributed by atoms with Gasteiger partial charge in [0.1, 0.15) is 6.29 Å². The molecule has 3 aliphatic rings. The lowest BCUT2D eigenvalue weighted by Crippen LogP contribution is -2.50. The molecule has 4 heteroatoms. The number of fused-ring (bicyclic) bond motifs is 3. The zero-order chi connectivity index (χ0) is 21.7. The van der Waals surface area contributed by atoms with Gasteiger partial charge in [0.15, 0.2) is 0 Å². The maximum atomic E-state index is 11.2. The molecule has 0 amide bonds. The highest BCUT2D eigenvalue weighted by molar-refractivity contribution is 5.85. The van der Waals surface area contributed by atoms with Crippen LogP contribution in [-0.4, -0.2) is 18.5 Å². The molecule has 3 saturated carbocycles. The smallest absolute Gasteiger partial charge is 0.322 e. The number of nitrogens with zero attached hydrogens (tertiary/aromatic N) is 1. The Morgan fingerprint density at radius 1 is 1.14 bits per heavy atom. The molecule has 164 valence electrons. The van der Waals surface area contributed by atoms with Crippen molar-refractivity contribution in [3.05, 3.63) is 11.6 Å². The Morgan fingerprint density at radius 3 is 2.48 bits per heavy atom. The summed E-state index contributed by atoms with van der Waals surface area (Å²) in [4.78, 5) is 26.5. The molecular formula is C25H41NO3. The standard InChI is InChI=1S/C23H35NO3.C2H6/c1-5-12-22(3)17(11-14-25)6-7-18-20-9-8-19(16(2)24-27-15-26)23(20,4)13-10-21(18)22;1-2/h11,14-15,18-21H,5-10,12-13H2,1-4H3;1-2H3/b17-11-,24-16+;. The maximum absolute atomic E-state index is 11.2. The van der Waals surface area contributed by atoms with E-state index in [-0.39, 0.29) is 10.8 Å². The van der Waals surface area contributed by atoms with Gasteiger partial charge >= 0.3 is 6.47 Å². The topological polar surface area (TPSA) is 55.7 Å². The second kappa shape index (κ2) is 10.0. The van der Waals surface area contributed by atoms with Crippen molar-refractivity contribution in [3.8, 4) is 0 Å². The van der Waals surface area contributed by atoms with E-state index in [4.69, 9.17) is 4.84 Å². The molecule has 0 aromatic carbocycles. The summed E-state index contributed by atoms with van der Waals surface area (Å²) in [6.45, 7) is 13.6. The quantitative estimate of drug-likeness (QED) is 0.171. The summed E-state index contributed by atoms with van der Waals surface area (Å²) in [6.07, 6.45) is 12.3. The number of carbonyl (C=O) groups excluding carboxylic acids is 2. The Labute approximate surface area is 177 Å². The second-order valence-electron chi connectivity index (χ2n) is 9.52. The van der Waals surface area contributed by atoms with Crippen LogP contribution in [0.25, 0.3) is 0 Å². The average Bonchev–Trinajstić information content (AvgIpc) is 3.07. The third-order valence-corrected chi connectivity index (χ3v) is 8.52. The molecule has 3 aliphatic carbocycles. The molecule has 0 saturated heterocycles. The van der Waals surface area contributed by atoms with E-state index in [1.807, 2.05) is 26.8 Å². The molecule has 0 radical (unpaired) electrons. The lowest BCUT2D eigenvalue weighted by Gasteiger charge is -2.57. The van der Waals surface area contributed by atoms with Crippen molar-refractivity contribution in [2.45, 2.75) is 92.9 Å². The van der Waals surface area contributed by atoms with Gasteiger partial charge in [0.05, 0.1) is 5.71 Å². The number of rotatable bonds is 6. The van der Waals surface area contributed by atoms with E-state index in [2.05, 4.69) is 25.9 Å². The number of carbonyl (C=O) groups is 2. The maximum Gasteiger partial charge on any atom is 0.323 e. The van der Waals surface area contributed by atoms with Crippen LogP contribution < -0.4 is 0 Å². The van der Waals surface area contributed by atoms with E-state index >= 15 is 0 Å². The Kier molecular flexibility index (Phi) is 8.25. The number of hydrogen-bond acceptors (Lipinski definition) is 4. The third kappa shape index (κ3) is 4.22. The van der Waals surface area contributed by atoms with E-state index in [9.17, 15) is 9.59 Å². The van der Waals surface area contributed by atoms with E-state index in [1.54, 1.807) is 0 Å². The van der Waals surface area contributed by atoms with Crippen LogP contribution in [0.1, 0.15) is 92.9 Å². The summed E-state index contributed by atoms with van der Waals surface area (Å²) < 4.78 is 0. The molecule has 0 bridgehead atoms. The largest absolute Gasteiger partial charge is 0.323 e. The van der Waals surface area contributed by atoms with Crippen molar-refractivity contribution in [2.24, 2.45) is 39.7 Å². The van der Waals surface area contributed by atoms with Crippen molar-refractivity contribution < 1.29 is 14.4 Å². The lowest BCUT2D eigenvalue weighted by molar-refractivity contribution is -0.128. The van der Waals surface area contributed by atoms with Crippen LogP contribution in [0.2, 0.25) is 0 Å². The molecule has 3 rings (SSSR count). The molecule has 4 nitrogen and oxygen atoms in total. The monoisotopic (exact) mass is 403 g/mol. The van der Waals surface area contributed by atoms with Crippen molar-refractivity contribution in [3.63, 3.8) is 0 Å². The van der Waals surface area contributed by atoms with Crippen LogP contribution in [0.4, 0.5) is 0 Å². The molecule has 0 spiro atoms. The Morgan fingerprint density at radius 2 is 1.86 bits per heavy atom. The van der Waals surface area contributed by atoms with Gasteiger partial charge in [-0.25, -0.2) is 0 Å². The molecule has 29 heavy (non-hydrogen) atoms. The van der Waals surface area contributed by atoms with Gasteiger partial charge in [-0.2, -0.15) is 0 Å². The Hall–Kier alpha value is -1.45. The summed E-state index contributed by atoms with van der Waals surface area (Å²) in [6, 6.07) is 0. The first kappa shape index (κ1) is 23.8. The minimum absolute atomic E-state index is 0.168. The third-order valence-electron chi connectivity index (χ3n) is 8.52. The van der Waals surface area contributed by atoms with Gasteiger partial charge in [0, 0.05) is 5.92 Å². The zero-order valence-corrected chi connectivity index (χ0v) is 19.4. The van der Waals surface area contributed by atoms with Crippen LogP contribution in [0, 0.1) is 34.5 Å². The van der Waals surface area contributed by atoms with E-state index in [1.165, 1.54) is 37.7 Å². The highest BCUT2D eigenvalue weighted by atomic mass is 16.7. The Balaban J connectivity index is 0.00000145. The van der Waals surface area contributed by atoms with Gasteiger partial charge in [-0.1, -0.05) is 51.8 Å². The molecule has 0 aromatic heterocycles. The highest BCUT2D eigenvalue weighted by Crippen LogP contribution is 2.66. The molecular weight excluding hydrogens is 362 g/mol. The van der Waals surface area contributed by atoms with Crippen LogP contribution in [0.5, 0.6) is 0 Å². The van der Waals surface area contributed by atoms with Crippen molar-refractivity contribution in [2.75, 3.05) is 0 Å². The van der Waals surface area contributed by atoms with Gasteiger partial charge in [-0.05, 0) is 86.5 Å². The van der Waals surface area contributed by atoms with Crippen LogP contribution in [0.3, 0.4) is 0 Å². The first-order valence-corrected chi connectivity index (χ1v) is 11.7. The first-order valence-electron chi connectivity index (χ1n) is 11.7. The van der Waals surface area contributed by atoms with E-state index in [0.717, 1.165) is 37.2 Å². The van der Waals surface area contributed by atoms with E-state index < -0.39 is 0 Å². The van der Waals surface area contributed by atoms with E-state index in [0.29, 0.717) is 24.2 Å². The van der Waals surface area contributed by atoms with Crippen molar-refractivity contribution >= 4 is 18.5 Å². The summed E-state index contributed by atoms with van der Waals surface area (Å²) in [7, 11) is 0. The molecule has 0 heterocycles. The van der Waals surface area contributed by atoms with Crippen LogP contribution in [0.15, 0.2) is 16.8 Å². The van der Waals surface area contributed by atoms with Gasteiger partial charge in [0.25, 0.3) is 0 Å². The first-order chi connectivity index (χ1) is 13.9. The molecule has 6 unspecified atom stereocenters. The fraction of sp³-hybridized carbons (Fsp3) is 0.800. The number of hydrogen-bond donors (Lipinski definition) is 0. The summed E-state index contributed by atoms with van der Waals surface area (Å²) in [5.41, 5.74) is 2.77. The average molecular weight is 404 g/mol. The predicted molar refractivity (Wildman–Crippen MR) is 119 cm³/mol. The minimum Gasteiger partial charge on any atom is -0.322 e. The second-order valence-corrected chi connectivity index (χ2v) is 9.52. The lowest BCUT2D eigenvalue weighted by atomic mass is 9.47. The zero-order valence-electron chi connectivity index (χ0n) is 19.4. The molecule has 0 aliphatic heterocycles. The molecule has 0 aromatic rings. The summed E-state index contributed by atoms with van der Waals surface area (Å²) in [5.74, 6) is 2.52. The fourth-order valence-corrected chi connectivity index (χ4v) is 7.40. The van der Waals surface area contributed by atoms with Crippen LogP contribution >= 0.6 is 0 Å².